The van der Waals surface area contributed by atoms with Crippen LogP contribution in [0.1, 0.15) is 56.6 Å². The number of ether oxygens (including phenoxy) is 1. The van der Waals surface area contributed by atoms with Crippen molar-refractivity contribution >= 4 is 60.8 Å². The molecule has 3 aliphatic rings. The number of alkyl halides is 1. The maximum absolute atomic E-state index is 17.3. The summed E-state index contributed by atoms with van der Waals surface area (Å²) in [4.78, 5) is 33.4. The van der Waals surface area contributed by atoms with Crippen molar-refractivity contribution in [2.24, 2.45) is 0 Å². The van der Waals surface area contributed by atoms with Gasteiger partial charge < -0.3 is 20.3 Å². The number of aryl methyl sites for hydroxylation is 1. The third kappa shape index (κ3) is 5.68. The zero-order valence-electron chi connectivity index (χ0n) is 29.9. The Kier molecular flexibility index (Phi) is 9.07. The molecule has 0 saturated carbocycles. The highest BCUT2D eigenvalue weighted by molar-refractivity contribution is 7.23. The molecule has 278 valence electrons. The summed E-state index contributed by atoms with van der Waals surface area (Å²) in [6, 6.07) is 10.2. The lowest BCUT2D eigenvalue weighted by atomic mass is 9.95. The number of nitrogen functional groups attached to an aromatic ring is 1. The van der Waals surface area contributed by atoms with Crippen LogP contribution in [0.25, 0.3) is 32.1 Å². The Labute approximate surface area is 319 Å². The Morgan fingerprint density at radius 2 is 2.06 bits per heavy atom. The standard InChI is InChI=1S/C38H37ClF2N10O2S/c1-4-49(28-9-12-50(20(28)2)37(52)51-18-23(15-42)45-21(51)3)35-25-13-27(39)31(24-7-5-8-29-30(24)26(16-43)34(44)54-29)32(41)33(25)46-36(47-35)53-19-38-10-6-11-48(38)17-22(40)14-38/h5,7-8,13,18,20,22,28H,4,6,9-12,14,17,19,44H2,1-3H3/t20-,22-,28-,38+/m1/s1. The van der Waals surface area contributed by atoms with Gasteiger partial charge >= 0.3 is 12.0 Å². The molecule has 8 rings (SSSR count). The Morgan fingerprint density at radius 1 is 1.24 bits per heavy atom. The van der Waals surface area contributed by atoms with Crippen molar-refractivity contribution < 1.29 is 18.3 Å². The van der Waals surface area contributed by atoms with E-state index in [0.29, 0.717) is 70.2 Å². The number of thiophene rings is 1. The largest absolute Gasteiger partial charge is 0.461 e. The van der Waals surface area contributed by atoms with Crippen molar-refractivity contribution in [1.82, 2.24) is 29.3 Å². The summed E-state index contributed by atoms with van der Waals surface area (Å²) < 4.78 is 40.4. The highest BCUT2D eigenvalue weighted by atomic mass is 35.5. The van der Waals surface area contributed by atoms with Crippen LogP contribution in [0, 0.1) is 35.4 Å². The van der Waals surface area contributed by atoms with Crippen LogP contribution in [0.3, 0.4) is 0 Å². The quantitative estimate of drug-likeness (QED) is 0.182. The molecule has 0 aliphatic carbocycles. The van der Waals surface area contributed by atoms with Crippen molar-refractivity contribution in [2.75, 3.05) is 43.4 Å². The zero-order valence-corrected chi connectivity index (χ0v) is 31.5. The van der Waals surface area contributed by atoms with E-state index in [1.165, 1.54) is 22.1 Å². The van der Waals surface area contributed by atoms with E-state index in [4.69, 9.17) is 27.1 Å². The number of aromatic nitrogens is 4. The Bertz CT molecular complexity index is 2420. The number of likely N-dealkylation sites (tertiary alicyclic amines) is 1. The fraction of sp³-hybridized carbons (Fsp3) is 0.421. The summed E-state index contributed by atoms with van der Waals surface area (Å²) in [6.45, 7) is 7.71. The van der Waals surface area contributed by atoms with Crippen molar-refractivity contribution in [3.8, 4) is 29.3 Å². The first-order valence-corrected chi connectivity index (χ1v) is 19.1. The molecule has 0 bridgehead atoms. The predicted molar refractivity (Wildman–Crippen MR) is 203 cm³/mol. The maximum Gasteiger partial charge on any atom is 0.329 e. The molecule has 2 N–H and O–H groups in total. The molecular formula is C38H37ClF2N10O2S. The summed E-state index contributed by atoms with van der Waals surface area (Å²) in [7, 11) is 0. The molecule has 3 fully saturated rings. The number of imidazole rings is 1. The number of nitrogens with zero attached hydrogens (tertiary/aromatic N) is 9. The number of hydrogen-bond donors (Lipinski definition) is 1. The lowest BCUT2D eigenvalue weighted by molar-refractivity contribution is 0.107. The minimum atomic E-state index is -0.959. The number of nitriles is 2. The van der Waals surface area contributed by atoms with Crippen LogP contribution in [0.4, 0.5) is 24.4 Å². The van der Waals surface area contributed by atoms with Crippen molar-refractivity contribution in [3.63, 3.8) is 0 Å². The van der Waals surface area contributed by atoms with E-state index in [2.05, 4.69) is 20.9 Å². The van der Waals surface area contributed by atoms with E-state index >= 15 is 4.39 Å². The van der Waals surface area contributed by atoms with Gasteiger partial charge in [-0.25, -0.2) is 18.6 Å². The SMILES string of the molecule is CCN(c1nc(OC[C@@]23CCCN2C[C@H](F)C3)nc2c(F)c(-c3cccc4sc(N)c(C#N)c34)c(Cl)cc12)[C@@H]1CCN(C(=O)n2cc(C#N)nc2C)[C@@H]1C. The maximum atomic E-state index is 17.3. The molecule has 6 heterocycles. The van der Waals surface area contributed by atoms with Gasteiger partial charge in [-0.15, -0.1) is 11.3 Å². The van der Waals surface area contributed by atoms with Gasteiger partial charge in [0.25, 0.3) is 0 Å². The molecule has 3 aromatic heterocycles. The highest BCUT2D eigenvalue weighted by Crippen LogP contribution is 2.46. The third-order valence-electron chi connectivity index (χ3n) is 11.4. The lowest BCUT2D eigenvalue weighted by Gasteiger charge is -2.35. The number of carbonyl (C=O) groups excluding carboxylic acids is 1. The number of fused-ring (bicyclic) bond motifs is 3. The minimum absolute atomic E-state index is 0.0289. The summed E-state index contributed by atoms with van der Waals surface area (Å²) in [6.07, 6.45) is 3.09. The second kappa shape index (κ2) is 13.6. The van der Waals surface area contributed by atoms with Gasteiger partial charge in [-0.2, -0.15) is 20.5 Å². The zero-order chi connectivity index (χ0) is 38.1. The summed E-state index contributed by atoms with van der Waals surface area (Å²) in [5.74, 6) is 0.0787. The van der Waals surface area contributed by atoms with Gasteiger partial charge in [0, 0.05) is 47.1 Å². The number of anilines is 2. The molecule has 0 unspecified atom stereocenters. The van der Waals surface area contributed by atoms with Crippen LogP contribution >= 0.6 is 22.9 Å². The number of hydrogen-bond acceptors (Lipinski definition) is 11. The Balaban J connectivity index is 1.24. The van der Waals surface area contributed by atoms with Gasteiger partial charge in [0.2, 0.25) is 0 Å². The monoisotopic (exact) mass is 770 g/mol. The molecule has 5 aromatic rings. The van der Waals surface area contributed by atoms with Gasteiger partial charge in [-0.1, -0.05) is 23.7 Å². The van der Waals surface area contributed by atoms with Gasteiger partial charge in [0.05, 0.1) is 34.4 Å². The van der Waals surface area contributed by atoms with E-state index in [-0.39, 0.29) is 58.1 Å². The first-order chi connectivity index (χ1) is 26.0. The first-order valence-electron chi connectivity index (χ1n) is 17.9. The predicted octanol–water partition coefficient (Wildman–Crippen LogP) is 7.05. The van der Waals surface area contributed by atoms with Crippen molar-refractivity contribution in [2.45, 2.75) is 70.2 Å². The lowest BCUT2D eigenvalue weighted by Crippen LogP contribution is -2.47. The first kappa shape index (κ1) is 35.9. The van der Waals surface area contributed by atoms with Crippen molar-refractivity contribution in [1.29, 1.82) is 10.5 Å². The number of rotatable bonds is 7. The number of benzene rings is 2. The smallest absolute Gasteiger partial charge is 0.329 e. The van der Waals surface area contributed by atoms with Crippen LogP contribution in [0.2, 0.25) is 5.02 Å². The van der Waals surface area contributed by atoms with Crippen LogP contribution in [0.15, 0.2) is 30.5 Å². The molecule has 54 heavy (non-hydrogen) atoms. The number of amides is 1. The average molecular weight is 771 g/mol. The molecule has 1 amide bonds. The summed E-state index contributed by atoms with van der Waals surface area (Å²) in [5, 5.41) is 20.6. The second-order valence-electron chi connectivity index (χ2n) is 14.3. The molecule has 4 atom stereocenters. The van der Waals surface area contributed by atoms with Gasteiger partial charge in [-0.3, -0.25) is 9.47 Å². The molecule has 2 aromatic carbocycles. The number of likely N-dealkylation sites (N-methyl/N-ethyl adjacent to an activating group) is 1. The second-order valence-corrected chi connectivity index (χ2v) is 15.8. The van der Waals surface area contributed by atoms with Gasteiger partial charge in [-0.05, 0) is 64.3 Å². The molecule has 12 nitrogen and oxygen atoms in total. The molecule has 0 spiro atoms. The number of nitrogens with two attached hydrogens (primary N) is 1. The van der Waals surface area contributed by atoms with Gasteiger partial charge in [0.1, 0.15) is 47.1 Å². The summed E-state index contributed by atoms with van der Waals surface area (Å²) >= 11 is 8.24. The Hall–Kier alpha value is -5.09. The molecule has 3 saturated heterocycles. The molecular weight excluding hydrogens is 734 g/mol. The van der Waals surface area contributed by atoms with Gasteiger partial charge in [0.15, 0.2) is 11.5 Å². The van der Waals surface area contributed by atoms with E-state index in [0.717, 1.165) is 19.4 Å². The normalized spacial score (nSPS) is 22.5. The highest BCUT2D eigenvalue weighted by Gasteiger charge is 2.49. The molecule has 0 radical (unpaired) electrons. The van der Waals surface area contributed by atoms with E-state index in [9.17, 15) is 19.7 Å². The van der Waals surface area contributed by atoms with Crippen LogP contribution in [-0.4, -0.2) is 91.9 Å². The average Bonchev–Trinajstić information content (AvgIpc) is 3.96. The third-order valence-corrected chi connectivity index (χ3v) is 12.7. The van der Waals surface area contributed by atoms with Crippen LogP contribution in [-0.2, 0) is 0 Å². The topological polar surface area (TPSA) is 153 Å². The number of halogens is 3. The Morgan fingerprint density at radius 3 is 2.80 bits per heavy atom. The fourth-order valence-electron chi connectivity index (χ4n) is 8.83. The van der Waals surface area contributed by atoms with E-state index in [1.807, 2.05) is 30.9 Å². The van der Waals surface area contributed by atoms with Crippen molar-refractivity contribution in [3.05, 3.63) is 58.4 Å². The molecule has 3 aliphatic heterocycles. The minimum Gasteiger partial charge on any atom is -0.461 e. The fourth-order valence-corrected chi connectivity index (χ4v) is 10.1. The van der Waals surface area contributed by atoms with E-state index < -0.39 is 17.5 Å². The molecule has 16 heteroatoms. The van der Waals surface area contributed by atoms with Crippen LogP contribution < -0.4 is 15.4 Å². The van der Waals surface area contributed by atoms with E-state index in [1.54, 1.807) is 30.0 Å². The number of carbonyl (C=O) groups is 1. The summed E-state index contributed by atoms with van der Waals surface area (Å²) in [5.41, 5.74) is 6.55. The van der Waals surface area contributed by atoms with Crippen LogP contribution in [0.5, 0.6) is 6.01 Å².